The van der Waals surface area contributed by atoms with Gasteiger partial charge in [0.1, 0.15) is 16.7 Å². The molecule has 0 aliphatic heterocycles. The van der Waals surface area contributed by atoms with Crippen LogP contribution in [0.1, 0.15) is 73.6 Å². The maximum atomic E-state index is 11.6. The van der Waals surface area contributed by atoms with E-state index in [9.17, 15) is 19.5 Å². The quantitative estimate of drug-likeness (QED) is 0.270. The van der Waals surface area contributed by atoms with Crippen molar-refractivity contribution in [1.29, 1.82) is 0 Å². The lowest BCUT2D eigenvalue weighted by Gasteiger charge is -2.25. The van der Waals surface area contributed by atoms with Gasteiger partial charge in [-0.05, 0) is 86.7 Å². The predicted molar refractivity (Wildman–Crippen MR) is 119 cm³/mol. The van der Waals surface area contributed by atoms with Crippen molar-refractivity contribution in [3.63, 3.8) is 0 Å². The Hall–Kier alpha value is -2.07. The Balaban J connectivity index is 3.98. The van der Waals surface area contributed by atoms with E-state index in [0.717, 1.165) is 6.42 Å². The molecule has 0 spiro atoms. The number of ether oxygens (including phenoxy) is 2. The van der Waals surface area contributed by atoms with E-state index < -0.39 is 34.9 Å². The molecule has 0 radical (unpaired) electrons. The van der Waals surface area contributed by atoms with E-state index in [1.807, 2.05) is 0 Å². The molecule has 0 fully saturated rings. The van der Waals surface area contributed by atoms with Gasteiger partial charge in [0.2, 0.25) is 0 Å². The van der Waals surface area contributed by atoms with Crippen molar-refractivity contribution in [1.82, 2.24) is 16.0 Å². The van der Waals surface area contributed by atoms with Crippen LogP contribution in [0.4, 0.5) is 9.59 Å². The minimum atomic E-state index is -1.34. The molecule has 0 aliphatic rings. The molecule has 182 valence electrons. The van der Waals surface area contributed by atoms with Crippen LogP contribution in [0.2, 0.25) is 0 Å². The lowest BCUT2D eigenvalue weighted by atomic mass is 9.89. The summed E-state index contributed by atoms with van der Waals surface area (Å²) < 4.78 is 10.3. The summed E-state index contributed by atoms with van der Waals surface area (Å²) in [6, 6.07) is 0. The predicted octanol–water partition coefficient (Wildman–Crippen LogP) is 2.36. The molecule has 0 aliphatic carbocycles. The Morgan fingerprint density at radius 1 is 0.742 bits per heavy atom. The number of alkyl carbamates (subject to hydrolysis) is 2. The highest BCUT2D eigenvalue weighted by atomic mass is 16.6. The zero-order chi connectivity index (χ0) is 24.1. The fourth-order valence-electron chi connectivity index (χ4n) is 2.62. The van der Waals surface area contributed by atoms with Gasteiger partial charge in [-0.2, -0.15) is 0 Å². The van der Waals surface area contributed by atoms with Crippen LogP contribution in [0.3, 0.4) is 0 Å². The lowest BCUT2D eigenvalue weighted by molar-refractivity contribution is -0.144. The first-order valence-electron chi connectivity index (χ1n) is 10.8. The molecule has 0 bridgehead atoms. The van der Waals surface area contributed by atoms with Crippen LogP contribution in [0.15, 0.2) is 0 Å². The number of nitrogens with one attached hydrogen (secondary N) is 3. The van der Waals surface area contributed by atoms with Gasteiger partial charge in [-0.1, -0.05) is 0 Å². The van der Waals surface area contributed by atoms with Gasteiger partial charge in [0.25, 0.3) is 0 Å². The fraction of sp³-hybridized carbons (Fsp3) is 0.857. The first kappa shape index (κ1) is 28.9. The second-order valence-corrected chi connectivity index (χ2v) is 9.63. The van der Waals surface area contributed by atoms with Gasteiger partial charge >= 0.3 is 18.2 Å². The van der Waals surface area contributed by atoms with Crippen molar-refractivity contribution in [3.8, 4) is 0 Å². The van der Waals surface area contributed by atoms with Gasteiger partial charge < -0.3 is 36.3 Å². The molecule has 0 aromatic heterocycles. The van der Waals surface area contributed by atoms with E-state index in [0.29, 0.717) is 45.4 Å². The Kier molecular flexibility index (Phi) is 12.5. The zero-order valence-electron chi connectivity index (χ0n) is 19.9. The maximum absolute atomic E-state index is 11.6. The number of nitrogens with two attached hydrogens (primary N) is 1. The van der Waals surface area contributed by atoms with Crippen molar-refractivity contribution in [3.05, 3.63) is 0 Å². The number of carbonyl (C=O) groups excluding carboxylic acids is 2. The number of carboxylic acid groups (broad SMARTS) is 1. The van der Waals surface area contributed by atoms with E-state index in [-0.39, 0.29) is 6.42 Å². The van der Waals surface area contributed by atoms with Gasteiger partial charge in [0.05, 0.1) is 0 Å². The number of carbonyl (C=O) groups is 3. The van der Waals surface area contributed by atoms with Crippen molar-refractivity contribution < 1.29 is 29.0 Å². The molecule has 0 rings (SSSR count). The van der Waals surface area contributed by atoms with E-state index in [4.69, 9.17) is 15.2 Å². The van der Waals surface area contributed by atoms with Gasteiger partial charge in [-0.25, -0.2) is 9.59 Å². The summed E-state index contributed by atoms with van der Waals surface area (Å²) in [5.74, 6) is -1.05. The van der Waals surface area contributed by atoms with Crippen LogP contribution < -0.4 is 21.7 Å². The average Bonchev–Trinajstić information content (AvgIpc) is 2.57. The SMILES string of the molecule is CC(C)(C)OC(=O)NCCCNCCC[C@@](N)(CCCNC(=O)OC(C)(C)C)C(=O)O. The maximum Gasteiger partial charge on any atom is 0.407 e. The molecule has 31 heavy (non-hydrogen) atoms. The Labute approximate surface area is 186 Å². The molecule has 0 aromatic carbocycles. The van der Waals surface area contributed by atoms with Gasteiger partial charge in [0.15, 0.2) is 0 Å². The third-order valence-corrected chi connectivity index (χ3v) is 4.07. The number of amides is 2. The standard InChI is InChI=1S/C21H42N4O6/c1-19(2,3)30-17(28)24-14-8-11-21(22,16(26)27)10-7-12-23-13-9-15-25-18(29)31-20(4,5)6/h23H,7-15,22H2,1-6H3,(H,24,28)(H,25,29)(H,26,27)/t21-/m1/s1. The number of hydrogen-bond acceptors (Lipinski definition) is 7. The summed E-state index contributed by atoms with van der Waals surface area (Å²) >= 11 is 0. The first-order valence-corrected chi connectivity index (χ1v) is 10.8. The molecule has 10 heteroatoms. The van der Waals surface area contributed by atoms with Crippen molar-refractivity contribution >= 4 is 18.2 Å². The molecule has 0 saturated heterocycles. The number of carboxylic acids is 1. The number of aliphatic carboxylic acids is 1. The summed E-state index contributed by atoms with van der Waals surface area (Å²) in [5, 5.41) is 18.0. The third kappa shape index (κ3) is 16.3. The highest BCUT2D eigenvalue weighted by molar-refractivity contribution is 5.78. The molecular weight excluding hydrogens is 404 g/mol. The largest absolute Gasteiger partial charge is 0.480 e. The summed E-state index contributed by atoms with van der Waals surface area (Å²) in [6.45, 7) is 12.8. The van der Waals surface area contributed by atoms with Crippen LogP contribution >= 0.6 is 0 Å². The monoisotopic (exact) mass is 446 g/mol. The van der Waals surface area contributed by atoms with Crippen LogP contribution in [0, 0.1) is 0 Å². The minimum Gasteiger partial charge on any atom is -0.480 e. The van der Waals surface area contributed by atoms with Crippen LogP contribution in [0.25, 0.3) is 0 Å². The first-order chi connectivity index (χ1) is 14.1. The molecule has 10 nitrogen and oxygen atoms in total. The molecule has 1 atom stereocenters. The summed E-state index contributed by atoms with van der Waals surface area (Å²) in [7, 11) is 0. The number of rotatable bonds is 13. The van der Waals surface area contributed by atoms with E-state index in [1.54, 1.807) is 41.5 Å². The normalized spacial score (nSPS) is 13.8. The van der Waals surface area contributed by atoms with Gasteiger partial charge in [-0.3, -0.25) is 4.79 Å². The van der Waals surface area contributed by atoms with Crippen LogP contribution in [-0.2, 0) is 14.3 Å². The topological polar surface area (TPSA) is 152 Å². The summed E-state index contributed by atoms with van der Waals surface area (Å²) in [4.78, 5) is 34.7. The molecule has 6 N–H and O–H groups in total. The second kappa shape index (κ2) is 13.4. The molecule has 2 amide bonds. The molecule has 0 unspecified atom stereocenters. The second-order valence-electron chi connectivity index (χ2n) is 9.63. The molecular formula is C21H42N4O6. The van der Waals surface area contributed by atoms with E-state index in [1.165, 1.54) is 0 Å². The minimum absolute atomic E-state index is 0.248. The molecule has 0 heterocycles. The lowest BCUT2D eigenvalue weighted by Crippen LogP contribution is -2.48. The Bertz CT molecular complexity index is 571. The van der Waals surface area contributed by atoms with Crippen molar-refractivity contribution in [2.24, 2.45) is 5.73 Å². The summed E-state index contributed by atoms with van der Waals surface area (Å²) in [5.41, 5.74) is 3.63. The van der Waals surface area contributed by atoms with E-state index >= 15 is 0 Å². The molecule has 0 aromatic rings. The van der Waals surface area contributed by atoms with Crippen molar-refractivity contribution in [2.45, 2.75) is 90.4 Å². The fourth-order valence-corrected chi connectivity index (χ4v) is 2.62. The Morgan fingerprint density at radius 3 is 1.55 bits per heavy atom. The number of hydrogen-bond donors (Lipinski definition) is 5. The van der Waals surface area contributed by atoms with Crippen molar-refractivity contribution in [2.75, 3.05) is 26.2 Å². The highest BCUT2D eigenvalue weighted by Gasteiger charge is 2.32. The summed E-state index contributed by atoms with van der Waals surface area (Å²) in [6.07, 6.45) is 1.35. The van der Waals surface area contributed by atoms with E-state index in [2.05, 4.69) is 16.0 Å². The van der Waals surface area contributed by atoms with Gasteiger partial charge in [0, 0.05) is 13.1 Å². The van der Waals surface area contributed by atoms with Gasteiger partial charge in [-0.15, -0.1) is 0 Å². The average molecular weight is 447 g/mol. The van der Waals surface area contributed by atoms with Crippen LogP contribution in [-0.4, -0.2) is 66.2 Å². The smallest absolute Gasteiger partial charge is 0.407 e. The Morgan fingerprint density at radius 2 is 1.13 bits per heavy atom. The zero-order valence-corrected chi connectivity index (χ0v) is 19.9. The molecule has 0 saturated carbocycles. The van der Waals surface area contributed by atoms with Crippen LogP contribution in [0.5, 0.6) is 0 Å². The third-order valence-electron chi connectivity index (χ3n) is 4.07. The highest BCUT2D eigenvalue weighted by Crippen LogP contribution is 2.17.